The van der Waals surface area contributed by atoms with Crippen molar-refractivity contribution in [1.29, 1.82) is 0 Å². The van der Waals surface area contributed by atoms with Crippen LogP contribution in [0.5, 0.6) is 0 Å². The van der Waals surface area contributed by atoms with Gasteiger partial charge in [-0.15, -0.1) is 0 Å². The van der Waals surface area contributed by atoms with Gasteiger partial charge in [0.25, 0.3) is 0 Å². The molecule has 12 aromatic rings. The molecule has 4 aromatic carbocycles. The highest BCUT2D eigenvalue weighted by molar-refractivity contribution is 9.11. The predicted octanol–water partition coefficient (Wildman–Crippen LogP) is 12.1. The number of halogens is 4. The van der Waals surface area contributed by atoms with Crippen LogP contribution in [0, 0.1) is 13.8 Å². The van der Waals surface area contributed by atoms with E-state index in [2.05, 4.69) is 221 Å². The second-order valence-electron chi connectivity index (χ2n) is 27.9. The van der Waals surface area contributed by atoms with Crippen LogP contribution in [0.25, 0.3) is 45.2 Å². The Morgan fingerprint density at radius 3 is 1.24 bits per heavy atom. The Kier molecular flexibility index (Phi) is 32.6. The number of benzene rings is 4. The minimum absolute atomic E-state index is 0. The van der Waals surface area contributed by atoms with E-state index in [-0.39, 0.29) is 25.7 Å². The number of rotatable bonds is 10. The molecule has 0 aliphatic carbocycles. The number of hydrogen-bond donors (Lipinski definition) is 6. The number of nitrogens with two attached hydrogens (primary N) is 5. The molecule has 119 heavy (non-hydrogen) atoms. The van der Waals surface area contributed by atoms with E-state index in [0.717, 1.165) is 168 Å². The Morgan fingerprint density at radius 1 is 0.445 bits per heavy atom. The fourth-order valence-corrected chi connectivity index (χ4v) is 13.7. The molecule has 13 heterocycles. The molecule has 33 nitrogen and oxygen atoms in total. The van der Waals surface area contributed by atoms with Crippen molar-refractivity contribution in [3.05, 3.63) is 189 Å². The van der Waals surface area contributed by atoms with Gasteiger partial charge >= 0.3 is 19.1 Å². The molecule has 0 spiro atoms. The van der Waals surface area contributed by atoms with Crippen LogP contribution in [-0.4, -0.2) is 204 Å². The van der Waals surface area contributed by atoms with Gasteiger partial charge in [0.15, 0.2) is 40.0 Å². The summed E-state index contributed by atoms with van der Waals surface area (Å²) in [7, 11) is -0.365. The lowest BCUT2D eigenvalue weighted by atomic mass is 9.80. The highest BCUT2D eigenvalue weighted by atomic mass is 79.9. The van der Waals surface area contributed by atoms with Crippen molar-refractivity contribution in [2.75, 3.05) is 159 Å². The fraction of sp³-hybridized carbons (Fsp3) is 0.333. The number of hydrogen-bond acceptors (Lipinski definition) is 31. The molecule has 17 rings (SSSR count). The van der Waals surface area contributed by atoms with Crippen molar-refractivity contribution in [2.24, 2.45) is 0 Å². The standard InChI is InChI=1S/C21H21N7O.C16H16BrN5O.C14H16BrN5O.C11H17BN2O2.C10H14N2O.C4H3Br2N3.C4H6O3.CH4/c1-14-25-20-21(26-18(13-24-20)15-6-7-23-19(22)12-15)28(14)17-4-2-16(3-5-17)27-8-10-29-11-9-27;1-11-19-15-16(20-14(17)10-18-15)22(11)13-4-2-12(3-5-13)21-6-8-23-9-7-21;15-12-9-17-13(16)14(19-12)18-10-1-3-11(4-2-10)20-5-7-21-8-6-20;1-10(2)11(3,4)16-12(15-10)8-5-6-14-9(13)7-8;11-9-1-3-10(4-2-9)12-5-7-13-8-6-12;5-2-1-8-4(7)3(6)9-2;1-3(5)7-4(2)6;/h2-7,12-13H,8-11H2,1H3,(H2,22,23);2-5,10H,6-9H2,1H3;1-4,9H,5-8H2,(H2,16,17)(H,18,19);5-7H,1-4H3,(H2,13,14);1-4H,5-8,11H2;1H,(H2,7,8);1-2H3;1H4. The molecular weight excluding hydrogens is 1780 g/mol. The van der Waals surface area contributed by atoms with E-state index in [0.29, 0.717) is 58.8 Å². The fourth-order valence-electron chi connectivity index (χ4n) is 12.4. The molecule has 0 radical (unpaired) electrons. The highest BCUT2D eigenvalue weighted by Crippen LogP contribution is 2.37. The summed E-state index contributed by atoms with van der Waals surface area (Å²) in [5.41, 5.74) is 41.5. The molecule has 626 valence electrons. The minimum atomic E-state index is -0.562. The number of aromatic nitrogens is 14. The van der Waals surface area contributed by atoms with Crippen LogP contribution in [0.4, 0.5) is 63.2 Å². The number of fused-ring (bicyclic) bond motifs is 2. The topological polar surface area (TPSA) is 418 Å². The van der Waals surface area contributed by atoms with Gasteiger partial charge in [0.05, 0.1) is 94.5 Å². The zero-order chi connectivity index (χ0) is 84.0. The maximum atomic E-state index is 9.81. The van der Waals surface area contributed by atoms with Gasteiger partial charge in [0, 0.05) is 130 Å². The van der Waals surface area contributed by atoms with Crippen LogP contribution in [0.3, 0.4) is 0 Å². The number of nitrogens with one attached hydrogen (secondary N) is 1. The molecule has 0 unspecified atom stereocenters. The van der Waals surface area contributed by atoms with Gasteiger partial charge in [-0.25, -0.2) is 59.8 Å². The first kappa shape index (κ1) is 90.6. The van der Waals surface area contributed by atoms with Gasteiger partial charge in [0.1, 0.15) is 41.7 Å². The maximum Gasteiger partial charge on any atom is 0.495 e. The molecular formula is C81H97BBr4N24O9. The normalized spacial score (nSPS) is 15.2. The number of imidazole rings is 2. The Bertz CT molecular complexity index is 5290. The van der Waals surface area contributed by atoms with E-state index in [4.69, 9.17) is 61.9 Å². The van der Waals surface area contributed by atoms with Crippen molar-refractivity contribution in [2.45, 2.75) is 74.0 Å². The molecule has 8 aromatic heterocycles. The Hall–Kier alpha value is -10.7. The summed E-state index contributed by atoms with van der Waals surface area (Å²) in [5, 5.41) is 3.17. The molecule has 0 amide bonds. The van der Waals surface area contributed by atoms with Crippen LogP contribution in [0.1, 0.15) is 60.6 Å². The van der Waals surface area contributed by atoms with E-state index in [1.165, 1.54) is 36.6 Å². The number of aryl methyl sites for hydroxylation is 2. The molecule has 11 N–H and O–H groups in total. The lowest BCUT2D eigenvalue weighted by Crippen LogP contribution is -2.41. The molecule has 5 fully saturated rings. The summed E-state index contributed by atoms with van der Waals surface area (Å²) in [4.78, 5) is 80.2. The average Bonchev–Trinajstić information content (AvgIpc) is 1.63. The van der Waals surface area contributed by atoms with E-state index < -0.39 is 11.9 Å². The number of anilines is 11. The Balaban J connectivity index is 0.000000152. The van der Waals surface area contributed by atoms with Crippen molar-refractivity contribution >= 4 is 174 Å². The van der Waals surface area contributed by atoms with E-state index in [1.807, 2.05) is 87.1 Å². The highest BCUT2D eigenvalue weighted by Gasteiger charge is 2.51. The number of nitrogens with zero attached hydrogens (tertiary/aromatic N) is 18. The van der Waals surface area contributed by atoms with Gasteiger partial charge < -0.3 is 86.6 Å². The first-order valence-corrected chi connectivity index (χ1v) is 40.8. The lowest BCUT2D eigenvalue weighted by Gasteiger charge is -2.32. The van der Waals surface area contributed by atoms with Crippen molar-refractivity contribution in [3.63, 3.8) is 0 Å². The molecule has 0 saturated carbocycles. The largest absolute Gasteiger partial charge is 0.495 e. The van der Waals surface area contributed by atoms with Gasteiger partial charge in [-0.3, -0.25) is 18.7 Å². The van der Waals surface area contributed by atoms with Gasteiger partial charge in [-0.05, 0) is 232 Å². The molecule has 5 aliphatic rings. The third-order valence-electron chi connectivity index (χ3n) is 19.0. The molecule has 0 atom stereocenters. The Labute approximate surface area is 724 Å². The first-order chi connectivity index (χ1) is 56.6. The van der Waals surface area contributed by atoms with E-state index >= 15 is 0 Å². The zero-order valence-electron chi connectivity index (χ0n) is 66.5. The summed E-state index contributed by atoms with van der Waals surface area (Å²) in [6, 6.07) is 40.4. The minimum Gasteiger partial charge on any atom is -0.399 e. The number of ether oxygens (including phenoxy) is 5. The quantitative estimate of drug-likeness (QED) is 0.0320. The maximum absolute atomic E-state index is 9.81. The first-order valence-electron chi connectivity index (χ1n) is 37.7. The average molecular weight is 1880 g/mol. The molecule has 38 heteroatoms. The number of morpholine rings is 4. The second-order valence-corrected chi connectivity index (χ2v) is 31.1. The second kappa shape index (κ2) is 42.8. The van der Waals surface area contributed by atoms with Gasteiger partial charge in [-0.1, -0.05) is 7.43 Å². The van der Waals surface area contributed by atoms with Crippen LogP contribution >= 0.6 is 63.7 Å². The number of carbonyl (C=O) groups is 2. The summed E-state index contributed by atoms with van der Waals surface area (Å²) >= 11 is 12.9. The number of pyridine rings is 2. The summed E-state index contributed by atoms with van der Waals surface area (Å²) in [6.07, 6.45) is 9.83. The molecule has 0 bridgehead atoms. The van der Waals surface area contributed by atoms with Crippen LogP contribution < -0.4 is 59.0 Å². The van der Waals surface area contributed by atoms with Gasteiger partial charge in [-0.2, -0.15) is 0 Å². The number of nitrogen functional groups attached to an aromatic ring is 5. The lowest BCUT2D eigenvalue weighted by molar-refractivity contribution is -0.156. The SMILES string of the molecule is C.CC(=O)OC(C)=O.CC1(C)OB(c2ccnc(N)c2)OC1(C)C.Cc1nc2ncc(-c3ccnc(N)c3)nc2n1-c1ccc(N2CCOCC2)cc1.Cc1nc2ncc(Br)nc2n1-c1ccc(N2CCOCC2)cc1.Nc1ccc(N2CCOCC2)cc1.Nc1ncc(Br)nc1Br.Nc1ncc(Br)nc1Nc1ccc(N2CCOCC2)cc1. The molecule has 5 aliphatic heterocycles. The van der Waals surface area contributed by atoms with Crippen molar-refractivity contribution in [3.8, 4) is 22.6 Å². The van der Waals surface area contributed by atoms with Crippen molar-refractivity contribution < 1.29 is 42.6 Å². The van der Waals surface area contributed by atoms with Crippen LogP contribution in [0.2, 0.25) is 0 Å². The number of carbonyl (C=O) groups excluding carboxylic acids is 2. The molecule has 5 saturated heterocycles. The third-order valence-corrected chi connectivity index (χ3v) is 20.7. The van der Waals surface area contributed by atoms with Gasteiger partial charge in [0.2, 0.25) is 0 Å². The van der Waals surface area contributed by atoms with E-state index in [1.54, 1.807) is 49.3 Å². The van der Waals surface area contributed by atoms with Crippen molar-refractivity contribution in [1.82, 2.24) is 68.9 Å². The number of esters is 2. The summed E-state index contributed by atoms with van der Waals surface area (Å²) < 4.78 is 43.9. The summed E-state index contributed by atoms with van der Waals surface area (Å²) in [5.74, 6) is 2.83. The summed E-state index contributed by atoms with van der Waals surface area (Å²) in [6.45, 7) is 28.2. The third kappa shape index (κ3) is 25.4. The van der Waals surface area contributed by atoms with Crippen LogP contribution in [0.15, 0.2) is 177 Å². The Morgan fingerprint density at radius 2 is 0.824 bits per heavy atom. The predicted molar refractivity (Wildman–Crippen MR) is 480 cm³/mol. The zero-order valence-corrected chi connectivity index (χ0v) is 72.9. The van der Waals surface area contributed by atoms with Crippen LogP contribution in [-0.2, 0) is 42.6 Å². The smallest absolute Gasteiger partial charge is 0.399 e. The monoisotopic (exact) mass is 1880 g/mol. The van der Waals surface area contributed by atoms with E-state index in [9.17, 15) is 9.59 Å².